The number of hydrogen-bond acceptors (Lipinski definition) is 8. The molecule has 0 radical (unpaired) electrons. The van der Waals surface area contributed by atoms with Gasteiger partial charge in [-0.1, -0.05) is 6.92 Å². The van der Waals surface area contributed by atoms with Crippen molar-refractivity contribution in [3.05, 3.63) is 0 Å². The Balaban J connectivity index is 3.57. The van der Waals surface area contributed by atoms with Gasteiger partial charge in [0.15, 0.2) is 0 Å². The Bertz CT molecular complexity index is 543. The highest BCUT2D eigenvalue weighted by atomic mass is 16.5. The van der Waals surface area contributed by atoms with Gasteiger partial charge >= 0.3 is 5.97 Å². The van der Waals surface area contributed by atoms with E-state index in [0.29, 0.717) is 52.6 Å². The number of carbonyl (C=O) groups is 4. The van der Waals surface area contributed by atoms with Crippen LogP contribution in [0.2, 0.25) is 0 Å². The number of carbonyl (C=O) groups excluding carboxylic acids is 3. The van der Waals surface area contributed by atoms with Crippen molar-refractivity contribution in [2.75, 3.05) is 59.4 Å². The van der Waals surface area contributed by atoms with Crippen LogP contribution in [0.25, 0.3) is 0 Å². The van der Waals surface area contributed by atoms with E-state index in [1.165, 1.54) is 0 Å². The fourth-order valence-electron chi connectivity index (χ4n) is 2.42. The highest BCUT2D eigenvalue weighted by Gasteiger charge is 2.20. The summed E-state index contributed by atoms with van der Waals surface area (Å²) in [7, 11) is 0. The lowest BCUT2D eigenvalue weighted by Gasteiger charge is -2.13. The number of Topliss-reactive ketones (excluding diaryl/α,β-unsaturated/α-hetero) is 1. The van der Waals surface area contributed by atoms with Gasteiger partial charge in [-0.05, 0) is 19.8 Å². The summed E-state index contributed by atoms with van der Waals surface area (Å²) in [5, 5.41) is 14.1. The van der Waals surface area contributed by atoms with Crippen LogP contribution in [0.4, 0.5) is 0 Å². The van der Waals surface area contributed by atoms with Gasteiger partial charge in [-0.25, -0.2) is 4.79 Å². The molecule has 1 unspecified atom stereocenters. The highest BCUT2D eigenvalue weighted by Crippen LogP contribution is 2.04. The van der Waals surface area contributed by atoms with E-state index in [2.05, 4.69) is 10.6 Å². The maximum Gasteiger partial charge on any atom is 0.326 e. The molecule has 0 aliphatic carbocycles. The molecule has 186 valence electrons. The fraction of sp³-hybridized carbons (Fsp3) is 0.810. The molecule has 0 aromatic heterocycles. The first-order valence-corrected chi connectivity index (χ1v) is 11.0. The molecular formula is C21H38N2O9. The lowest BCUT2D eigenvalue weighted by molar-refractivity contribution is -0.142. The van der Waals surface area contributed by atoms with Crippen LogP contribution in [0.5, 0.6) is 0 Å². The predicted octanol–water partition coefficient (Wildman–Crippen LogP) is 0.298. The van der Waals surface area contributed by atoms with Gasteiger partial charge in [0.05, 0.1) is 33.0 Å². The number of nitrogens with one attached hydrogen (secondary N) is 2. The summed E-state index contributed by atoms with van der Waals surface area (Å²) >= 11 is 0. The summed E-state index contributed by atoms with van der Waals surface area (Å²) in [6, 6.07) is -1.05. The molecule has 0 rings (SSSR count). The summed E-state index contributed by atoms with van der Waals surface area (Å²) in [5.41, 5.74) is 0. The molecule has 0 bridgehead atoms. The number of ether oxygens (including phenoxy) is 4. The zero-order valence-corrected chi connectivity index (χ0v) is 19.2. The lowest BCUT2D eigenvalue weighted by atomic mass is 10.1. The molecule has 0 saturated carbocycles. The number of amides is 2. The molecule has 11 heteroatoms. The molecule has 0 aromatic rings. The van der Waals surface area contributed by atoms with Crippen LogP contribution in [0.3, 0.4) is 0 Å². The smallest absolute Gasteiger partial charge is 0.326 e. The van der Waals surface area contributed by atoms with Gasteiger partial charge in [-0.15, -0.1) is 0 Å². The first-order chi connectivity index (χ1) is 15.4. The molecule has 1 atom stereocenters. The molecule has 2 amide bonds. The fourth-order valence-corrected chi connectivity index (χ4v) is 2.42. The van der Waals surface area contributed by atoms with Crippen molar-refractivity contribution >= 4 is 23.6 Å². The van der Waals surface area contributed by atoms with Gasteiger partial charge in [0.2, 0.25) is 11.8 Å². The quantitative estimate of drug-likeness (QED) is 0.193. The van der Waals surface area contributed by atoms with Crippen molar-refractivity contribution < 1.29 is 43.2 Å². The van der Waals surface area contributed by atoms with E-state index in [1.807, 2.05) is 6.92 Å². The van der Waals surface area contributed by atoms with Gasteiger partial charge in [0.25, 0.3) is 0 Å². The van der Waals surface area contributed by atoms with Crippen LogP contribution in [-0.4, -0.2) is 94.1 Å². The third-order valence-corrected chi connectivity index (χ3v) is 4.16. The second kappa shape index (κ2) is 20.8. The van der Waals surface area contributed by atoms with E-state index in [1.54, 1.807) is 6.92 Å². The average Bonchev–Trinajstić information content (AvgIpc) is 2.77. The van der Waals surface area contributed by atoms with Crippen molar-refractivity contribution in [2.45, 2.75) is 52.0 Å². The molecule has 32 heavy (non-hydrogen) atoms. The first kappa shape index (κ1) is 29.9. The topological polar surface area (TPSA) is 149 Å². The summed E-state index contributed by atoms with van der Waals surface area (Å²) in [5.74, 6) is -1.83. The van der Waals surface area contributed by atoms with E-state index >= 15 is 0 Å². The average molecular weight is 463 g/mol. The monoisotopic (exact) mass is 462 g/mol. The van der Waals surface area contributed by atoms with Gasteiger partial charge in [-0.2, -0.15) is 0 Å². The number of rotatable bonds is 22. The Kier molecular flexibility index (Phi) is 19.5. The molecule has 0 fully saturated rings. The van der Waals surface area contributed by atoms with E-state index in [9.17, 15) is 19.2 Å². The van der Waals surface area contributed by atoms with Crippen LogP contribution >= 0.6 is 0 Å². The molecule has 0 heterocycles. The van der Waals surface area contributed by atoms with Crippen molar-refractivity contribution in [1.82, 2.24) is 10.6 Å². The third kappa shape index (κ3) is 18.7. The minimum atomic E-state index is -1.15. The van der Waals surface area contributed by atoms with Crippen LogP contribution < -0.4 is 10.6 Å². The number of carboxylic acids is 1. The van der Waals surface area contributed by atoms with Crippen molar-refractivity contribution in [3.8, 4) is 0 Å². The molecule has 11 nitrogen and oxygen atoms in total. The van der Waals surface area contributed by atoms with Crippen LogP contribution in [-0.2, 0) is 38.1 Å². The van der Waals surface area contributed by atoms with Gasteiger partial charge in [0, 0.05) is 39.0 Å². The summed E-state index contributed by atoms with van der Waals surface area (Å²) < 4.78 is 21.0. The number of carboxylic acid groups (broad SMARTS) is 1. The maximum atomic E-state index is 11.9. The second-order valence-electron chi connectivity index (χ2n) is 6.82. The maximum absolute atomic E-state index is 11.9. The number of hydrogen-bond donors (Lipinski definition) is 3. The lowest BCUT2D eigenvalue weighted by Crippen LogP contribution is -2.40. The van der Waals surface area contributed by atoms with Crippen LogP contribution in [0.15, 0.2) is 0 Å². The predicted molar refractivity (Wildman–Crippen MR) is 115 cm³/mol. The summed E-state index contributed by atoms with van der Waals surface area (Å²) in [6.45, 7) is 6.85. The van der Waals surface area contributed by atoms with Gasteiger partial charge in [0.1, 0.15) is 18.4 Å². The van der Waals surface area contributed by atoms with Crippen LogP contribution in [0, 0.1) is 0 Å². The van der Waals surface area contributed by atoms with Gasteiger partial charge < -0.3 is 34.7 Å². The Labute approximate surface area is 189 Å². The Hall–Kier alpha value is -2.08. The Morgan fingerprint density at radius 1 is 0.812 bits per heavy atom. The largest absolute Gasteiger partial charge is 0.480 e. The minimum absolute atomic E-state index is 0.0655. The van der Waals surface area contributed by atoms with E-state index in [4.69, 9.17) is 24.1 Å². The molecule has 0 aromatic carbocycles. The number of aliphatic carboxylic acids is 1. The zero-order chi connectivity index (χ0) is 24.0. The molecule has 3 N–H and O–H groups in total. The molecular weight excluding hydrogens is 424 g/mol. The highest BCUT2D eigenvalue weighted by molar-refractivity contribution is 5.84. The minimum Gasteiger partial charge on any atom is -0.480 e. The normalized spacial score (nSPS) is 11.7. The molecule has 0 saturated heterocycles. The molecule has 0 aliphatic rings. The van der Waals surface area contributed by atoms with Crippen molar-refractivity contribution in [3.63, 3.8) is 0 Å². The molecule has 0 aliphatic heterocycles. The van der Waals surface area contributed by atoms with Crippen molar-refractivity contribution in [1.29, 1.82) is 0 Å². The van der Waals surface area contributed by atoms with E-state index in [-0.39, 0.29) is 56.5 Å². The molecule has 0 spiro atoms. The summed E-state index contributed by atoms with van der Waals surface area (Å²) in [6.07, 6.45) is 1.10. The van der Waals surface area contributed by atoms with E-state index < -0.39 is 12.0 Å². The SMILES string of the molecule is CCOCCOCCNC(=O)COCCOCCCC(=O)CCC(NC(=O)CC)C(=O)O. The summed E-state index contributed by atoms with van der Waals surface area (Å²) in [4.78, 5) is 45.8. The number of ketones is 1. The van der Waals surface area contributed by atoms with Crippen LogP contribution in [0.1, 0.15) is 46.0 Å². The van der Waals surface area contributed by atoms with Crippen molar-refractivity contribution in [2.24, 2.45) is 0 Å². The second-order valence-corrected chi connectivity index (χ2v) is 6.82. The van der Waals surface area contributed by atoms with E-state index in [0.717, 1.165) is 0 Å². The Morgan fingerprint density at radius 3 is 2.12 bits per heavy atom. The Morgan fingerprint density at radius 2 is 1.47 bits per heavy atom. The zero-order valence-electron chi connectivity index (χ0n) is 19.2. The first-order valence-electron chi connectivity index (χ1n) is 11.0. The van der Waals surface area contributed by atoms with Gasteiger partial charge in [-0.3, -0.25) is 14.4 Å². The third-order valence-electron chi connectivity index (χ3n) is 4.16. The standard InChI is InChI=1S/C21H38N2O9/c1-3-19(25)23-18(21(27)28)8-7-17(24)6-5-10-30-14-15-32-16-20(26)22-9-11-31-13-12-29-4-2/h18H,3-16H2,1-2H3,(H,22,26)(H,23,25)(H,27,28).